The van der Waals surface area contributed by atoms with Crippen molar-refractivity contribution in [3.63, 3.8) is 0 Å². The molecule has 0 spiro atoms. The maximum atomic E-state index is 11.9. The molecule has 18 heavy (non-hydrogen) atoms. The van der Waals surface area contributed by atoms with Crippen LogP contribution < -0.4 is 5.32 Å². The van der Waals surface area contributed by atoms with Crippen LogP contribution in [0.25, 0.3) is 10.8 Å². The van der Waals surface area contributed by atoms with Crippen molar-refractivity contribution in [3.8, 4) is 5.75 Å². The smallest absolute Gasteiger partial charge is 0.251 e. The zero-order valence-corrected chi connectivity index (χ0v) is 11.0. The minimum atomic E-state index is -0.197. The lowest BCUT2D eigenvalue weighted by Gasteiger charge is -2.10. The van der Waals surface area contributed by atoms with E-state index in [-0.39, 0.29) is 17.7 Å². The fraction of sp³-hybridized carbons (Fsp3) is 0.214. The summed E-state index contributed by atoms with van der Waals surface area (Å²) in [6.45, 7) is 3.77. The summed E-state index contributed by atoms with van der Waals surface area (Å²) in [5, 5.41) is 14.7. The molecule has 0 heterocycles. The first-order valence-electron chi connectivity index (χ1n) is 5.70. The Morgan fingerprint density at radius 3 is 2.67 bits per heavy atom. The molecule has 2 aromatic carbocycles. The van der Waals surface area contributed by atoms with Gasteiger partial charge in [0.25, 0.3) is 5.91 Å². The number of fused-ring (bicyclic) bond motifs is 1. The highest BCUT2D eigenvalue weighted by atomic mass is 35.5. The molecule has 0 unspecified atom stereocenters. The fourth-order valence-electron chi connectivity index (χ4n) is 1.79. The van der Waals surface area contributed by atoms with Crippen LogP contribution in [0.2, 0.25) is 5.02 Å². The number of aromatic hydroxyl groups is 1. The normalized spacial score (nSPS) is 10.9. The highest BCUT2D eigenvalue weighted by Crippen LogP contribution is 2.29. The number of benzene rings is 2. The molecule has 1 amide bonds. The van der Waals surface area contributed by atoms with Gasteiger partial charge in [-0.25, -0.2) is 0 Å². The Bertz CT molecular complexity index is 608. The second kappa shape index (κ2) is 4.86. The molecule has 0 aliphatic heterocycles. The zero-order chi connectivity index (χ0) is 13.3. The molecule has 2 N–H and O–H groups in total. The summed E-state index contributed by atoms with van der Waals surface area (Å²) in [4.78, 5) is 11.9. The highest BCUT2D eigenvalue weighted by Gasteiger charge is 2.11. The SMILES string of the molecule is CC(C)NC(=O)c1cc(O)c2cc(Cl)ccc2c1. The molecular weight excluding hydrogens is 250 g/mol. The van der Waals surface area contributed by atoms with Crippen molar-refractivity contribution >= 4 is 28.3 Å². The Labute approximate surface area is 110 Å². The lowest BCUT2D eigenvalue weighted by atomic mass is 10.1. The molecule has 0 radical (unpaired) electrons. The second-order valence-corrected chi connectivity index (χ2v) is 4.93. The molecule has 2 rings (SSSR count). The molecule has 2 aromatic rings. The third-order valence-electron chi connectivity index (χ3n) is 2.58. The third kappa shape index (κ3) is 2.57. The van der Waals surface area contributed by atoms with Gasteiger partial charge in [-0.05, 0) is 43.5 Å². The maximum Gasteiger partial charge on any atom is 0.251 e. The number of phenols is 1. The molecule has 0 saturated carbocycles. The average molecular weight is 264 g/mol. The van der Waals surface area contributed by atoms with Crippen molar-refractivity contribution in [1.82, 2.24) is 5.32 Å². The minimum absolute atomic E-state index is 0.0561. The summed E-state index contributed by atoms with van der Waals surface area (Å²) in [6.07, 6.45) is 0. The van der Waals surface area contributed by atoms with Crippen molar-refractivity contribution in [2.24, 2.45) is 0 Å². The second-order valence-electron chi connectivity index (χ2n) is 4.49. The van der Waals surface area contributed by atoms with Gasteiger partial charge in [0.2, 0.25) is 0 Å². The van der Waals surface area contributed by atoms with Crippen LogP contribution in [0, 0.1) is 0 Å². The molecule has 0 saturated heterocycles. The first kappa shape index (κ1) is 12.7. The van der Waals surface area contributed by atoms with Gasteiger partial charge in [0, 0.05) is 22.0 Å². The predicted molar refractivity (Wildman–Crippen MR) is 73.2 cm³/mol. The number of rotatable bonds is 2. The van der Waals surface area contributed by atoms with E-state index in [1.165, 1.54) is 6.07 Å². The van der Waals surface area contributed by atoms with Gasteiger partial charge in [0.15, 0.2) is 0 Å². The topological polar surface area (TPSA) is 49.3 Å². The largest absolute Gasteiger partial charge is 0.507 e. The van der Waals surface area contributed by atoms with Gasteiger partial charge in [0.1, 0.15) is 5.75 Å². The lowest BCUT2D eigenvalue weighted by molar-refractivity contribution is 0.0943. The molecule has 4 heteroatoms. The van der Waals surface area contributed by atoms with E-state index in [0.29, 0.717) is 16.0 Å². The molecule has 0 aliphatic carbocycles. The van der Waals surface area contributed by atoms with Crippen molar-refractivity contribution in [2.45, 2.75) is 19.9 Å². The van der Waals surface area contributed by atoms with Crippen molar-refractivity contribution in [1.29, 1.82) is 0 Å². The van der Waals surface area contributed by atoms with Crippen LogP contribution in [0.4, 0.5) is 0 Å². The van der Waals surface area contributed by atoms with Gasteiger partial charge in [-0.3, -0.25) is 4.79 Å². The molecular formula is C14H14ClNO2. The summed E-state index contributed by atoms with van der Waals surface area (Å²) >= 11 is 5.87. The number of phenolic OH excluding ortho intramolecular Hbond substituents is 1. The number of hydrogen-bond acceptors (Lipinski definition) is 2. The zero-order valence-electron chi connectivity index (χ0n) is 10.2. The van der Waals surface area contributed by atoms with Crippen molar-refractivity contribution < 1.29 is 9.90 Å². The van der Waals surface area contributed by atoms with Gasteiger partial charge in [-0.15, -0.1) is 0 Å². The number of nitrogens with one attached hydrogen (secondary N) is 1. The number of halogens is 1. The molecule has 0 atom stereocenters. The third-order valence-corrected chi connectivity index (χ3v) is 2.81. The van der Waals surface area contributed by atoms with Gasteiger partial charge >= 0.3 is 0 Å². The highest BCUT2D eigenvalue weighted by molar-refractivity contribution is 6.31. The molecule has 0 aliphatic rings. The Morgan fingerprint density at radius 2 is 2.00 bits per heavy atom. The van der Waals surface area contributed by atoms with Gasteiger partial charge in [-0.1, -0.05) is 17.7 Å². The van der Waals surface area contributed by atoms with Gasteiger partial charge in [-0.2, -0.15) is 0 Å². The van der Waals surface area contributed by atoms with Crippen LogP contribution in [-0.2, 0) is 0 Å². The van der Waals surface area contributed by atoms with Crippen molar-refractivity contribution in [2.75, 3.05) is 0 Å². The van der Waals surface area contributed by atoms with Gasteiger partial charge < -0.3 is 10.4 Å². The summed E-state index contributed by atoms with van der Waals surface area (Å²) < 4.78 is 0. The van der Waals surface area contributed by atoms with Gasteiger partial charge in [0.05, 0.1) is 0 Å². The number of amides is 1. The number of carbonyl (C=O) groups excluding carboxylic acids is 1. The average Bonchev–Trinajstić information content (AvgIpc) is 2.29. The monoisotopic (exact) mass is 263 g/mol. The van der Waals surface area contributed by atoms with E-state index >= 15 is 0 Å². The van der Waals surface area contributed by atoms with Crippen LogP contribution in [0.1, 0.15) is 24.2 Å². The Hall–Kier alpha value is -1.74. The lowest BCUT2D eigenvalue weighted by Crippen LogP contribution is -2.29. The van der Waals surface area contributed by atoms with E-state index < -0.39 is 0 Å². The fourth-order valence-corrected chi connectivity index (χ4v) is 1.96. The summed E-state index contributed by atoms with van der Waals surface area (Å²) in [6, 6.07) is 8.44. The summed E-state index contributed by atoms with van der Waals surface area (Å²) in [7, 11) is 0. The summed E-state index contributed by atoms with van der Waals surface area (Å²) in [5.74, 6) is -0.138. The predicted octanol–water partition coefficient (Wildman–Crippen LogP) is 3.34. The summed E-state index contributed by atoms with van der Waals surface area (Å²) in [5.41, 5.74) is 0.441. The number of hydrogen-bond donors (Lipinski definition) is 2. The van der Waals surface area contributed by atoms with E-state index in [2.05, 4.69) is 5.32 Å². The van der Waals surface area contributed by atoms with Crippen LogP contribution in [0.3, 0.4) is 0 Å². The van der Waals surface area contributed by atoms with Crippen LogP contribution in [0.15, 0.2) is 30.3 Å². The Balaban J connectivity index is 2.49. The van der Waals surface area contributed by atoms with E-state index in [0.717, 1.165) is 5.39 Å². The molecule has 3 nitrogen and oxygen atoms in total. The first-order chi connectivity index (χ1) is 8.47. The van der Waals surface area contributed by atoms with Crippen LogP contribution in [-0.4, -0.2) is 17.1 Å². The standard InChI is InChI=1S/C14H14ClNO2/c1-8(2)16-14(18)10-5-9-3-4-11(15)7-12(9)13(17)6-10/h3-8,17H,1-2H3,(H,16,18). The molecule has 94 valence electrons. The van der Waals surface area contributed by atoms with Crippen LogP contribution >= 0.6 is 11.6 Å². The van der Waals surface area contributed by atoms with E-state index in [4.69, 9.17) is 11.6 Å². The number of carbonyl (C=O) groups is 1. The van der Waals surface area contributed by atoms with Crippen molar-refractivity contribution in [3.05, 3.63) is 40.9 Å². The Morgan fingerprint density at radius 1 is 1.28 bits per heavy atom. The minimum Gasteiger partial charge on any atom is -0.507 e. The molecule has 0 fully saturated rings. The molecule has 0 aromatic heterocycles. The Kier molecular flexibility index (Phi) is 3.43. The maximum absolute atomic E-state index is 11.9. The molecule has 0 bridgehead atoms. The van der Waals surface area contributed by atoms with Crippen LogP contribution in [0.5, 0.6) is 5.75 Å². The quantitative estimate of drug-likeness (QED) is 0.873. The van der Waals surface area contributed by atoms with E-state index in [1.807, 2.05) is 13.8 Å². The van der Waals surface area contributed by atoms with E-state index in [1.54, 1.807) is 24.3 Å². The first-order valence-corrected chi connectivity index (χ1v) is 6.08. The van der Waals surface area contributed by atoms with E-state index in [9.17, 15) is 9.90 Å².